The number of piperidine rings is 1. The van der Waals surface area contributed by atoms with Gasteiger partial charge in [-0.3, -0.25) is 9.78 Å². The highest BCUT2D eigenvalue weighted by Crippen LogP contribution is 2.39. The predicted molar refractivity (Wildman–Crippen MR) is 104 cm³/mol. The van der Waals surface area contributed by atoms with Crippen LogP contribution in [-0.2, 0) is 16.0 Å². The molecule has 3 fully saturated rings. The van der Waals surface area contributed by atoms with Crippen molar-refractivity contribution >= 4 is 5.91 Å². The van der Waals surface area contributed by atoms with Crippen LogP contribution in [0.2, 0.25) is 0 Å². The van der Waals surface area contributed by atoms with Gasteiger partial charge in [0.2, 0.25) is 17.6 Å². The molecule has 4 heterocycles. The van der Waals surface area contributed by atoms with Gasteiger partial charge in [0.1, 0.15) is 5.69 Å². The third-order valence-corrected chi connectivity index (χ3v) is 6.76. The number of ether oxygens (including phenoxy) is 1. The van der Waals surface area contributed by atoms with E-state index in [2.05, 4.69) is 25.0 Å². The fourth-order valence-corrected chi connectivity index (χ4v) is 4.80. The van der Waals surface area contributed by atoms with Crippen LogP contribution in [0.15, 0.2) is 23.1 Å². The predicted octanol–water partition coefficient (Wildman–Crippen LogP) is 2.66. The summed E-state index contributed by atoms with van der Waals surface area (Å²) in [7, 11) is 0. The van der Waals surface area contributed by atoms with Crippen LogP contribution in [0.3, 0.4) is 0 Å². The number of likely N-dealkylation sites (tertiary alicyclic amines) is 1. The lowest BCUT2D eigenvalue weighted by molar-refractivity contribution is -0.152. The Balaban J connectivity index is 1.18. The van der Waals surface area contributed by atoms with E-state index in [0.29, 0.717) is 29.2 Å². The van der Waals surface area contributed by atoms with Crippen molar-refractivity contribution in [1.82, 2.24) is 25.0 Å². The molecule has 0 bridgehead atoms. The van der Waals surface area contributed by atoms with Gasteiger partial charge in [-0.25, -0.2) is 4.98 Å². The Bertz CT molecular complexity index is 843. The van der Waals surface area contributed by atoms with E-state index in [1.54, 1.807) is 18.6 Å². The number of carbonyl (C=O) groups is 1. The molecule has 2 aromatic rings. The number of hydrogen-bond acceptors (Lipinski definition) is 7. The fourth-order valence-electron chi connectivity index (χ4n) is 4.80. The van der Waals surface area contributed by atoms with Gasteiger partial charge in [0.15, 0.2) is 0 Å². The molecule has 1 aliphatic carbocycles. The first-order valence-corrected chi connectivity index (χ1v) is 10.7. The van der Waals surface area contributed by atoms with Crippen LogP contribution in [0.4, 0.5) is 0 Å². The van der Waals surface area contributed by atoms with Crippen LogP contribution in [0, 0.1) is 11.8 Å². The van der Waals surface area contributed by atoms with Gasteiger partial charge in [-0.1, -0.05) is 11.6 Å². The zero-order valence-corrected chi connectivity index (χ0v) is 16.6. The minimum absolute atomic E-state index is 0.104. The van der Waals surface area contributed by atoms with Crippen molar-refractivity contribution in [3.8, 4) is 11.5 Å². The van der Waals surface area contributed by atoms with Crippen LogP contribution in [0.1, 0.15) is 50.8 Å². The monoisotopic (exact) mass is 397 g/mol. The highest BCUT2D eigenvalue weighted by molar-refractivity contribution is 5.79. The molecule has 0 N–H and O–H groups in total. The molecule has 1 saturated carbocycles. The Morgan fingerprint density at radius 1 is 1.21 bits per heavy atom. The van der Waals surface area contributed by atoms with Crippen molar-refractivity contribution in [1.29, 1.82) is 0 Å². The summed E-state index contributed by atoms with van der Waals surface area (Å²) in [5, 5.41) is 4.05. The molecule has 1 atom stereocenters. The van der Waals surface area contributed by atoms with Crippen molar-refractivity contribution in [2.45, 2.75) is 57.0 Å². The van der Waals surface area contributed by atoms with Crippen molar-refractivity contribution in [2.75, 3.05) is 19.7 Å². The van der Waals surface area contributed by atoms with Crippen LogP contribution in [-0.4, -0.2) is 56.2 Å². The molecule has 154 valence electrons. The van der Waals surface area contributed by atoms with E-state index >= 15 is 0 Å². The second-order valence-corrected chi connectivity index (χ2v) is 8.65. The summed E-state index contributed by atoms with van der Waals surface area (Å²) in [4.78, 5) is 27.4. The minimum Gasteiger partial charge on any atom is -0.375 e. The van der Waals surface area contributed by atoms with E-state index in [1.165, 1.54) is 6.42 Å². The summed E-state index contributed by atoms with van der Waals surface area (Å²) in [5.74, 6) is 2.22. The van der Waals surface area contributed by atoms with Crippen LogP contribution < -0.4 is 0 Å². The Hall–Kier alpha value is -2.35. The molecule has 8 heteroatoms. The number of carbonyl (C=O) groups excluding carboxylic acids is 1. The maximum Gasteiger partial charge on any atom is 0.227 e. The highest BCUT2D eigenvalue weighted by Gasteiger charge is 2.42. The zero-order chi connectivity index (χ0) is 19.7. The molecule has 1 unspecified atom stereocenters. The molecule has 1 amide bonds. The molecule has 5 rings (SSSR count). The van der Waals surface area contributed by atoms with Crippen molar-refractivity contribution < 1.29 is 14.1 Å². The van der Waals surface area contributed by atoms with Gasteiger partial charge in [-0.2, -0.15) is 4.98 Å². The Labute approximate surface area is 170 Å². The second kappa shape index (κ2) is 7.82. The lowest BCUT2D eigenvalue weighted by Crippen LogP contribution is -2.52. The van der Waals surface area contributed by atoms with Crippen LogP contribution in [0.5, 0.6) is 0 Å². The van der Waals surface area contributed by atoms with Gasteiger partial charge in [-0.05, 0) is 44.4 Å². The average molecular weight is 397 g/mol. The molecular formula is C21H27N5O3. The first kappa shape index (κ1) is 18.7. The number of amides is 1. The molecule has 3 aliphatic rings. The minimum atomic E-state index is -0.104. The van der Waals surface area contributed by atoms with Gasteiger partial charge in [-0.15, -0.1) is 0 Å². The van der Waals surface area contributed by atoms with Gasteiger partial charge in [0.25, 0.3) is 0 Å². The zero-order valence-electron chi connectivity index (χ0n) is 16.6. The maximum atomic E-state index is 12.5. The average Bonchev–Trinajstić information content (AvgIpc) is 3.16. The van der Waals surface area contributed by atoms with Gasteiger partial charge in [0.05, 0.1) is 11.8 Å². The number of aromatic nitrogens is 4. The van der Waals surface area contributed by atoms with E-state index in [4.69, 9.17) is 9.26 Å². The highest BCUT2D eigenvalue weighted by atomic mass is 16.5. The van der Waals surface area contributed by atoms with E-state index in [0.717, 1.165) is 64.6 Å². The molecule has 1 spiro atoms. The molecular weight excluding hydrogens is 370 g/mol. The second-order valence-electron chi connectivity index (χ2n) is 8.65. The summed E-state index contributed by atoms with van der Waals surface area (Å²) in [5.41, 5.74) is 0.516. The van der Waals surface area contributed by atoms with Crippen LogP contribution in [0.25, 0.3) is 11.5 Å². The third kappa shape index (κ3) is 3.90. The standard InChI is InChI=1S/C21H27N5O3/c27-20(16-2-1-3-16)26-9-5-21(6-10-26)13-15(4-11-28-21)12-18-24-19(25-29-18)17-14-22-7-8-23-17/h7-8,14-16H,1-6,9-13H2. The summed E-state index contributed by atoms with van der Waals surface area (Å²) in [6, 6.07) is 0. The third-order valence-electron chi connectivity index (χ3n) is 6.76. The summed E-state index contributed by atoms with van der Waals surface area (Å²) >= 11 is 0. The number of hydrogen-bond donors (Lipinski definition) is 0. The topological polar surface area (TPSA) is 94.2 Å². The van der Waals surface area contributed by atoms with Crippen molar-refractivity contribution in [3.63, 3.8) is 0 Å². The molecule has 8 nitrogen and oxygen atoms in total. The number of rotatable bonds is 4. The Kier molecular flexibility index (Phi) is 5.03. The lowest BCUT2D eigenvalue weighted by atomic mass is 9.77. The Morgan fingerprint density at radius 3 is 2.79 bits per heavy atom. The van der Waals surface area contributed by atoms with Gasteiger partial charge < -0.3 is 14.2 Å². The van der Waals surface area contributed by atoms with E-state index < -0.39 is 0 Å². The molecule has 0 radical (unpaired) electrons. The van der Waals surface area contributed by atoms with E-state index in [1.807, 2.05) is 0 Å². The summed E-state index contributed by atoms with van der Waals surface area (Å²) < 4.78 is 11.7. The quantitative estimate of drug-likeness (QED) is 0.783. The SMILES string of the molecule is O=C(C1CCC1)N1CCC2(CC1)CC(Cc1nc(-c3cnccn3)no1)CCO2. The van der Waals surface area contributed by atoms with E-state index in [-0.39, 0.29) is 11.5 Å². The van der Waals surface area contributed by atoms with Gasteiger partial charge >= 0.3 is 0 Å². The van der Waals surface area contributed by atoms with E-state index in [9.17, 15) is 4.79 Å². The smallest absolute Gasteiger partial charge is 0.227 e. The fraction of sp³-hybridized carbons (Fsp3) is 0.667. The van der Waals surface area contributed by atoms with Gasteiger partial charge in [0, 0.05) is 44.4 Å². The molecule has 2 saturated heterocycles. The lowest BCUT2D eigenvalue weighted by Gasteiger charge is -2.47. The van der Waals surface area contributed by atoms with Crippen LogP contribution >= 0.6 is 0 Å². The maximum absolute atomic E-state index is 12.5. The molecule has 29 heavy (non-hydrogen) atoms. The summed E-state index contributed by atoms with van der Waals surface area (Å²) in [6.07, 6.45) is 12.8. The molecule has 2 aromatic heterocycles. The first-order chi connectivity index (χ1) is 14.2. The molecule has 0 aromatic carbocycles. The molecule has 2 aliphatic heterocycles. The number of nitrogens with zero attached hydrogens (tertiary/aromatic N) is 5. The normalized spacial score (nSPS) is 24.4. The Morgan fingerprint density at radius 2 is 2.07 bits per heavy atom. The van der Waals surface area contributed by atoms with Crippen molar-refractivity contribution in [3.05, 3.63) is 24.5 Å². The first-order valence-electron chi connectivity index (χ1n) is 10.7. The largest absolute Gasteiger partial charge is 0.375 e. The summed E-state index contributed by atoms with van der Waals surface area (Å²) in [6.45, 7) is 2.39. The van der Waals surface area contributed by atoms with Crippen molar-refractivity contribution in [2.24, 2.45) is 11.8 Å².